The first-order chi connectivity index (χ1) is 19.9. The average molecular weight is 598 g/mol. The fraction of sp³-hybridized carbons (Fsp3) is 0.567. The molecule has 228 valence electrons. The summed E-state index contributed by atoms with van der Waals surface area (Å²) in [5.74, 6) is 0.689. The van der Waals surface area contributed by atoms with E-state index in [1.165, 1.54) is 0 Å². The second-order valence-corrected chi connectivity index (χ2v) is 13.5. The molecule has 1 saturated heterocycles. The van der Waals surface area contributed by atoms with E-state index in [0.29, 0.717) is 38.5 Å². The van der Waals surface area contributed by atoms with Crippen molar-refractivity contribution in [1.82, 2.24) is 35.5 Å². The van der Waals surface area contributed by atoms with Gasteiger partial charge in [0.2, 0.25) is 0 Å². The quantitative estimate of drug-likeness (QED) is 0.274. The minimum atomic E-state index is -0.508. The van der Waals surface area contributed by atoms with Crippen LogP contribution in [0.3, 0.4) is 0 Å². The van der Waals surface area contributed by atoms with Crippen molar-refractivity contribution in [3.05, 3.63) is 41.2 Å². The Bertz CT molecular complexity index is 1360. The molecule has 1 aliphatic rings. The third kappa shape index (κ3) is 9.43. The summed E-state index contributed by atoms with van der Waals surface area (Å²) in [7, 11) is 0. The number of aromatic nitrogens is 4. The lowest BCUT2D eigenvalue weighted by molar-refractivity contribution is 0.0527. The number of amides is 3. The van der Waals surface area contributed by atoms with E-state index < -0.39 is 11.7 Å². The van der Waals surface area contributed by atoms with Crippen LogP contribution in [0, 0.1) is 5.41 Å². The Kier molecular flexibility index (Phi) is 10.1. The SMILES string of the molecule is CC(C)(C)Cc1csc(-c2ccc(-n3cc(CCCCNC(=O)OC(C)(C)C)nn3)cc2OCCN2CCNC2=O)n1. The largest absolute Gasteiger partial charge is 0.491 e. The summed E-state index contributed by atoms with van der Waals surface area (Å²) >= 11 is 1.61. The highest BCUT2D eigenvalue weighted by molar-refractivity contribution is 7.13. The van der Waals surface area contributed by atoms with Crippen LogP contribution in [0.5, 0.6) is 5.75 Å². The van der Waals surface area contributed by atoms with Crippen LogP contribution in [0.15, 0.2) is 29.8 Å². The van der Waals surface area contributed by atoms with Crippen LogP contribution in [-0.2, 0) is 17.6 Å². The second-order valence-electron chi connectivity index (χ2n) is 12.7. The van der Waals surface area contributed by atoms with Crippen molar-refractivity contribution in [2.45, 2.75) is 72.8 Å². The molecule has 12 heteroatoms. The number of carbonyl (C=O) groups excluding carboxylic acids is 2. The Morgan fingerprint density at radius 2 is 1.95 bits per heavy atom. The lowest BCUT2D eigenvalue weighted by atomic mass is 9.91. The number of hydrogen-bond donors (Lipinski definition) is 2. The van der Waals surface area contributed by atoms with Gasteiger partial charge in [-0.3, -0.25) is 0 Å². The maximum Gasteiger partial charge on any atom is 0.407 e. The fourth-order valence-corrected chi connectivity index (χ4v) is 5.32. The summed E-state index contributed by atoms with van der Waals surface area (Å²) < 4.78 is 13.3. The standard InChI is InChI=1S/C30H43N7O4S/c1-29(2,3)18-22-20-42-26(33-22)24-11-10-23(17-25(24)40-16-15-36-14-13-31-27(36)38)37-19-21(34-35-37)9-7-8-12-32-28(39)41-30(4,5)6/h10-11,17,19-20H,7-9,12-16,18H2,1-6H3,(H,31,38)(H,32,39). The Balaban J connectivity index is 1.41. The number of urea groups is 1. The van der Waals surface area contributed by atoms with Gasteiger partial charge in [0.25, 0.3) is 0 Å². The van der Waals surface area contributed by atoms with Gasteiger partial charge in [0.05, 0.1) is 35.4 Å². The molecule has 0 saturated carbocycles. The van der Waals surface area contributed by atoms with Crippen LogP contribution in [0.2, 0.25) is 0 Å². The smallest absolute Gasteiger partial charge is 0.407 e. The summed E-state index contributed by atoms with van der Waals surface area (Å²) in [6.45, 7) is 14.9. The van der Waals surface area contributed by atoms with E-state index in [-0.39, 0.29) is 11.4 Å². The van der Waals surface area contributed by atoms with Gasteiger partial charge in [-0.25, -0.2) is 19.3 Å². The predicted molar refractivity (Wildman–Crippen MR) is 163 cm³/mol. The van der Waals surface area contributed by atoms with Crippen LogP contribution < -0.4 is 15.4 Å². The number of nitrogens with one attached hydrogen (secondary N) is 2. The van der Waals surface area contributed by atoms with Crippen molar-refractivity contribution in [3.8, 4) is 22.0 Å². The van der Waals surface area contributed by atoms with Gasteiger partial charge >= 0.3 is 12.1 Å². The molecule has 0 radical (unpaired) electrons. The molecule has 0 aliphatic carbocycles. The zero-order valence-electron chi connectivity index (χ0n) is 25.5. The van der Waals surface area contributed by atoms with Crippen molar-refractivity contribution < 1.29 is 19.1 Å². The predicted octanol–water partition coefficient (Wildman–Crippen LogP) is 5.23. The monoisotopic (exact) mass is 597 g/mol. The number of ether oxygens (including phenoxy) is 2. The number of unbranched alkanes of at least 4 members (excludes halogenated alkanes) is 1. The number of rotatable bonds is 12. The van der Waals surface area contributed by atoms with Gasteiger partial charge < -0.3 is 25.0 Å². The number of alkyl carbamates (subject to hydrolysis) is 1. The van der Waals surface area contributed by atoms with Gasteiger partial charge in [0.15, 0.2) is 0 Å². The van der Waals surface area contributed by atoms with Crippen LogP contribution in [-0.4, -0.2) is 75.4 Å². The minimum Gasteiger partial charge on any atom is -0.491 e. The molecular formula is C30H43N7O4S. The van der Waals surface area contributed by atoms with E-state index in [4.69, 9.17) is 14.5 Å². The van der Waals surface area contributed by atoms with Crippen molar-refractivity contribution in [2.75, 3.05) is 32.8 Å². The molecule has 0 bridgehead atoms. The summed E-state index contributed by atoms with van der Waals surface area (Å²) in [6.07, 6.45) is 4.80. The molecule has 4 rings (SSSR count). The number of hydrogen-bond acceptors (Lipinski definition) is 8. The highest BCUT2D eigenvalue weighted by atomic mass is 32.1. The number of benzene rings is 1. The maximum absolute atomic E-state index is 12.0. The fourth-order valence-electron chi connectivity index (χ4n) is 4.47. The topological polar surface area (TPSA) is 124 Å². The van der Waals surface area contributed by atoms with E-state index in [1.807, 2.05) is 45.2 Å². The molecule has 0 unspecified atom stereocenters. The number of thiazole rings is 1. The second kappa shape index (κ2) is 13.5. The van der Waals surface area contributed by atoms with Crippen molar-refractivity contribution in [1.29, 1.82) is 0 Å². The number of carbonyl (C=O) groups is 2. The Labute approximate surface area is 252 Å². The van der Waals surface area contributed by atoms with E-state index in [0.717, 1.165) is 53.3 Å². The number of aryl methyl sites for hydroxylation is 1. The zero-order valence-corrected chi connectivity index (χ0v) is 26.3. The average Bonchev–Trinajstić information content (AvgIpc) is 3.64. The Hall–Kier alpha value is -3.67. The van der Waals surface area contributed by atoms with E-state index >= 15 is 0 Å². The molecule has 1 aromatic carbocycles. The third-order valence-corrected chi connectivity index (χ3v) is 7.28. The summed E-state index contributed by atoms with van der Waals surface area (Å²) in [5.41, 5.74) is 3.30. The molecule has 3 aromatic rings. The molecule has 1 aliphatic heterocycles. The van der Waals surface area contributed by atoms with Crippen LogP contribution in [0.25, 0.3) is 16.3 Å². The molecule has 3 amide bonds. The lowest BCUT2D eigenvalue weighted by Crippen LogP contribution is -2.33. The highest BCUT2D eigenvalue weighted by Gasteiger charge is 2.21. The first kappa shape index (κ1) is 31.3. The normalized spacial score (nSPS) is 13.8. The molecule has 42 heavy (non-hydrogen) atoms. The molecular weight excluding hydrogens is 554 g/mol. The zero-order chi connectivity index (χ0) is 30.3. The van der Waals surface area contributed by atoms with Crippen LogP contribution in [0.1, 0.15) is 65.8 Å². The Morgan fingerprint density at radius 1 is 1.14 bits per heavy atom. The van der Waals surface area contributed by atoms with Crippen LogP contribution in [0.4, 0.5) is 9.59 Å². The lowest BCUT2D eigenvalue weighted by Gasteiger charge is -2.19. The van der Waals surface area contributed by atoms with Crippen molar-refractivity contribution >= 4 is 23.5 Å². The van der Waals surface area contributed by atoms with Gasteiger partial charge in [-0.05, 0) is 64.0 Å². The Morgan fingerprint density at radius 3 is 2.67 bits per heavy atom. The molecule has 2 N–H and O–H groups in total. The summed E-state index contributed by atoms with van der Waals surface area (Å²) in [6, 6.07) is 5.89. The van der Waals surface area contributed by atoms with Gasteiger partial charge in [0, 0.05) is 31.1 Å². The highest BCUT2D eigenvalue weighted by Crippen LogP contribution is 2.35. The van der Waals surface area contributed by atoms with E-state index in [2.05, 4.69) is 47.1 Å². The summed E-state index contributed by atoms with van der Waals surface area (Å²) in [5, 5.41) is 17.3. The molecule has 1 fully saturated rings. The number of nitrogens with zero attached hydrogens (tertiary/aromatic N) is 5. The van der Waals surface area contributed by atoms with Gasteiger partial charge in [-0.2, -0.15) is 0 Å². The van der Waals surface area contributed by atoms with Crippen molar-refractivity contribution in [2.24, 2.45) is 5.41 Å². The third-order valence-electron chi connectivity index (χ3n) is 6.36. The van der Waals surface area contributed by atoms with Crippen molar-refractivity contribution in [3.63, 3.8) is 0 Å². The first-order valence-corrected chi connectivity index (χ1v) is 15.4. The van der Waals surface area contributed by atoms with Crippen LogP contribution >= 0.6 is 11.3 Å². The molecule has 0 atom stereocenters. The minimum absolute atomic E-state index is 0.0601. The molecule has 0 spiro atoms. The van der Waals surface area contributed by atoms with E-state index in [1.54, 1.807) is 20.9 Å². The molecule has 2 aromatic heterocycles. The van der Waals surface area contributed by atoms with Gasteiger partial charge in [0.1, 0.15) is 23.0 Å². The van der Waals surface area contributed by atoms with Gasteiger partial charge in [-0.1, -0.05) is 26.0 Å². The summed E-state index contributed by atoms with van der Waals surface area (Å²) in [4.78, 5) is 30.4. The van der Waals surface area contributed by atoms with E-state index in [9.17, 15) is 9.59 Å². The maximum atomic E-state index is 12.0. The first-order valence-electron chi connectivity index (χ1n) is 14.5. The molecule has 3 heterocycles. The van der Waals surface area contributed by atoms with Gasteiger partial charge in [-0.15, -0.1) is 16.4 Å². The molecule has 11 nitrogen and oxygen atoms in total.